The summed E-state index contributed by atoms with van der Waals surface area (Å²) in [5.74, 6) is 0.756. The quantitative estimate of drug-likeness (QED) is 0.756. The van der Waals surface area contributed by atoms with Gasteiger partial charge in [0, 0.05) is 36.3 Å². The molecule has 2 fully saturated rings. The normalized spacial score (nSPS) is 31.2. The molecule has 1 aromatic heterocycles. The van der Waals surface area contributed by atoms with E-state index >= 15 is 0 Å². The second-order valence-electron chi connectivity index (χ2n) is 6.41. The molecule has 3 heterocycles. The Morgan fingerprint density at radius 1 is 1.00 bits per heavy atom. The van der Waals surface area contributed by atoms with Crippen LogP contribution in [-0.4, -0.2) is 28.6 Å². The van der Waals surface area contributed by atoms with Crippen LogP contribution in [0.4, 0.5) is 0 Å². The summed E-state index contributed by atoms with van der Waals surface area (Å²) in [6.07, 6.45) is 5.50. The van der Waals surface area contributed by atoms with E-state index in [0.717, 1.165) is 18.0 Å². The molecule has 2 nitrogen and oxygen atoms in total. The third-order valence-corrected chi connectivity index (χ3v) is 5.51. The molecule has 19 heavy (non-hydrogen) atoms. The lowest BCUT2D eigenvalue weighted by Gasteiger charge is -2.36. The highest BCUT2D eigenvalue weighted by Gasteiger charge is 2.39. The lowest BCUT2D eigenvalue weighted by Crippen LogP contribution is -2.39. The van der Waals surface area contributed by atoms with Crippen molar-refractivity contribution in [3.8, 4) is 0 Å². The van der Waals surface area contributed by atoms with Crippen LogP contribution in [0.5, 0.6) is 0 Å². The van der Waals surface area contributed by atoms with Gasteiger partial charge in [-0.3, -0.25) is 0 Å². The van der Waals surface area contributed by atoms with Crippen molar-refractivity contribution in [3.05, 3.63) is 36.0 Å². The number of benzene rings is 1. The summed E-state index contributed by atoms with van der Waals surface area (Å²) in [4.78, 5) is 2.62. The minimum atomic E-state index is 0.756. The van der Waals surface area contributed by atoms with E-state index in [1.807, 2.05) is 0 Å². The predicted molar refractivity (Wildman–Crippen MR) is 79.5 cm³/mol. The van der Waals surface area contributed by atoms with Crippen molar-refractivity contribution < 1.29 is 0 Å². The Bertz CT molecular complexity index is 599. The third-order valence-electron chi connectivity index (χ3n) is 5.51. The van der Waals surface area contributed by atoms with Gasteiger partial charge in [0.15, 0.2) is 0 Å². The molecule has 0 spiro atoms. The molecular formula is C17H22N2. The molecule has 100 valence electrons. The molecule has 0 radical (unpaired) electrons. The van der Waals surface area contributed by atoms with E-state index in [1.165, 1.54) is 36.6 Å². The van der Waals surface area contributed by atoms with Gasteiger partial charge in [0.25, 0.3) is 0 Å². The first-order chi connectivity index (χ1) is 9.24. The third kappa shape index (κ3) is 1.66. The molecule has 0 aliphatic carbocycles. The molecule has 3 atom stereocenters. The molecule has 0 saturated carbocycles. The molecule has 2 saturated heterocycles. The Kier molecular flexibility index (Phi) is 2.49. The zero-order chi connectivity index (χ0) is 13.0. The number of hydrogen-bond acceptors (Lipinski definition) is 1. The fourth-order valence-electron chi connectivity index (χ4n) is 4.35. The first-order valence-corrected chi connectivity index (χ1v) is 7.50. The summed E-state index contributed by atoms with van der Waals surface area (Å²) in [5.41, 5.74) is 2.93. The van der Waals surface area contributed by atoms with Crippen LogP contribution >= 0.6 is 0 Å². The molecule has 2 heteroatoms. The number of nitrogens with zero attached hydrogens (tertiary/aromatic N) is 2. The minimum absolute atomic E-state index is 0.756. The summed E-state index contributed by atoms with van der Waals surface area (Å²) in [5, 5.41) is 1.39. The van der Waals surface area contributed by atoms with Gasteiger partial charge in [-0.2, -0.15) is 0 Å². The molecule has 0 N–H and O–H groups in total. The topological polar surface area (TPSA) is 8.17 Å². The molecule has 2 aliphatic rings. The standard InChI is InChI=1S/C17H22N2/c1-18-14-7-8-15(18)10-13(9-14)17-11-12-5-3-4-6-16(12)19(17)2/h3-6,11,13-15H,7-10H2,1-2H3/t13?,14-,15+. The SMILES string of the molecule is CN1[C@@H]2CC[C@H]1CC(c1cc3ccccc3n1C)C2. The fraction of sp³-hybridized carbons (Fsp3) is 0.529. The van der Waals surface area contributed by atoms with Gasteiger partial charge in [0.05, 0.1) is 0 Å². The first kappa shape index (κ1) is 11.5. The highest BCUT2D eigenvalue weighted by atomic mass is 15.2. The number of hydrogen-bond donors (Lipinski definition) is 0. The Morgan fingerprint density at radius 3 is 2.37 bits per heavy atom. The first-order valence-electron chi connectivity index (χ1n) is 7.50. The highest BCUT2D eigenvalue weighted by Crippen LogP contribution is 2.42. The van der Waals surface area contributed by atoms with Crippen molar-refractivity contribution in [2.24, 2.45) is 7.05 Å². The summed E-state index contributed by atoms with van der Waals surface area (Å²) in [6.45, 7) is 0. The van der Waals surface area contributed by atoms with Crippen molar-refractivity contribution in [3.63, 3.8) is 0 Å². The van der Waals surface area contributed by atoms with Crippen molar-refractivity contribution in [1.82, 2.24) is 9.47 Å². The summed E-state index contributed by atoms with van der Waals surface area (Å²) in [6, 6.07) is 12.8. The van der Waals surface area contributed by atoms with E-state index < -0.39 is 0 Å². The minimum Gasteiger partial charge on any atom is -0.347 e. The number of rotatable bonds is 1. The maximum absolute atomic E-state index is 2.62. The van der Waals surface area contributed by atoms with E-state index in [0.29, 0.717) is 0 Å². The summed E-state index contributed by atoms with van der Waals surface area (Å²) < 4.78 is 2.42. The predicted octanol–water partition coefficient (Wildman–Crippen LogP) is 3.52. The van der Waals surface area contributed by atoms with Crippen LogP contribution in [0.3, 0.4) is 0 Å². The van der Waals surface area contributed by atoms with Gasteiger partial charge in [0.1, 0.15) is 0 Å². The Labute approximate surface area is 115 Å². The molecular weight excluding hydrogens is 232 g/mol. The van der Waals surface area contributed by atoms with Gasteiger partial charge in [-0.25, -0.2) is 0 Å². The highest BCUT2D eigenvalue weighted by molar-refractivity contribution is 5.81. The van der Waals surface area contributed by atoms with Gasteiger partial charge in [-0.05, 0) is 50.2 Å². The zero-order valence-electron chi connectivity index (χ0n) is 11.8. The molecule has 2 aromatic rings. The number of aryl methyl sites for hydroxylation is 1. The number of aromatic nitrogens is 1. The number of fused-ring (bicyclic) bond motifs is 3. The van der Waals surface area contributed by atoms with E-state index in [2.05, 4.69) is 53.9 Å². The number of piperidine rings is 1. The molecule has 2 bridgehead atoms. The van der Waals surface area contributed by atoms with Gasteiger partial charge in [-0.1, -0.05) is 18.2 Å². The van der Waals surface area contributed by atoms with E-state index in [4.69, 9.17) is 0 Å². The average Bonchev–Trinajstić information content (AvgIpc) is 2.84. The molecule has 1 aromatic carbocycles. The van der Waals surface area contributed by atoms with Crippen LogP contribution in [-0.2, 0) is 7.05 Å². The number of para-hydroxylation sites is 1. The monoisotopic (exact) mass is 254 g/mol. The van der Waals surface area contributed by atoms with Crippen LogP contribution in [0.25, 0.3) is 10.9 Å². The summed E-state index contributed by atoms with van der Waals surface area (Å²) in [7, 11) is 4.55. The Hall–Kier alpha value is -1.28. The molecule has 1 unspecified atom stereocenters. The second-order valence-corrected chi connectivity index (χ2v) is 6.41. The van der Waals surface area contributed by atoms with E-state index in [-0.39, 0.29) is 0 Å². The van der Waals surface area contributed by atoms with Crippen LogP contribution in [0.2, 0.25) is 0 Å². The van der Waals surface area contributed by atoms with Crippen LogP contribution in [0.15, 0.2) is 30.3 Å². The van der Waals surface area contributed by atoms with Gasteiger partial charge < -0.3 is 9.47 Å². The van der Waals surface area contributed by atoms with Crippen molar-refractivity contribution in [2.45, 2.75) is 43.7 Å². The summed E-state index contributed by atoms with van der Waals surface area (Å²) >= 11 is 0. The van der Waals surface area contributed by atoms with Crippen molar-refractivity contribution in [2.75, 3.05) is 7.05 Å². The average molecular weight is 254 g/mol. The maximum Gasteiger partial charge on any atom is 0.0479 e. The Morgan fingerprint density at radius 2 is 1.68 bits per heavy atom. The second kappa shape index (κ2) is 4.11. The van der Waals surface area contributed by atoms with Crippen molar-refractivity contribution >= 4 is 10.9 Å². The maximum atomic E-state index is 2.62. The van der Waals surface area contributed by atoms with Gasteiger partial charge >= 0.3 is 0 Å². The smallest absolute Gasteiger partial charge is 0.0479 e. The van der Waals surface area contributed by atoms with E-state index in [9.17, 15) is 0 Å². The lowest BCUT2D eigenvalue weighted by atomic mass is 9.88. The molecule has 4 rings (SSSR count). The van der Waals surface area contributed by atoms with Gasteiger partial charge in [-0.15, -0.1) is 0 Å². The largest absolute Gasteiger partial charge is 0.347 e. The molecule has 0 amide bonds. The Balaban J connectivity index is 1.73. The van der Waals surface area contributed by atoms with Crippen LogP contribution in [0, 0.1) is 0 Å². The van der Waals surface area contributed by atoms with Crippen molar-refractivity contribution in [1.29, 1.82) is 0 Å². The lowest BCUT2D eigenvalue weighted by molar-refractivity contribution is 0.159. The van der Waals surface area contributed by atoms with E-state index in [1.54, 1.807) is 5.69 Å². The zero-order valence-corrected chi connectivity index (χ0v) is 11.8. The molecule has 2 aliphatic heterocycles. The van der Waals surface area contributed by atoms with Crippen LogP contribution in [0.1, 0.15) is 37.3 Å². The van der Waals surface area contributed by atoms with Gasteiger partial charge in [0.2, 0.25) is 0 Å². The van der Waals surface area contributed by atoms with Crippen LogP contribution < -0.4 is 0 Å². The fourth-order valence-corrected chi connectivity index (χ4v) is 4.35.